The van der Waals surface area contributed by atoms with E-state index in [1.807, 2.05) is 25.1 Å². The fourth-order valence-corrected chi connectivity index (χ4v) is 3.61. The molecule has 0 aliphatic carbocycles. The van der Waals surface area contributed by atoms with E-state index in [0.717, 1.165) is 47.2 Å². The predicted octanol–water partition coefficient (Wildman–Crippen LogP) is 5.73. The monoisotopic (exact) mass is 453 g/mol. The van der Waals surface area contributed by atoms with Crippen LogP contribution < -0.4 is 11.1 Å². The summed E-state index contributed by atoms with van der Waals surface area (Å²) in [5, 5.41) is 12.8. The van der Waals surface area contributed by atoms with Crippen molar-refractivity contribution in [1.82, 2.24) is 10.3 Å². The third-order valence-electron chi connectivity index (χ3n) is 5.48. The average Bonchev–Trinajstić information content (AvgIpc) is 3.29. The van der Waals surface area contributed by atoms with Gasteiger partial charge >= 0.3 is 0 Å². The molecular formula is C28H31N5O. The number of pyridine rings is 1. The van der Waals surface area contributed by atoms with E-state index < -0.39 is 0 Å². The highest BCUT2D eigenvalue weighted by Gasteiger charge is 2.14. The molecule has 0 bridgehead atoms. The van der Waals surface area contributed by atoms with Crippen LogP contribution >= 0.6 is 0 Å². The second kappa shape index (κ2) is 12.2. The summed E-state index contributed by atoms with van der Waals surface area (Å²) in [5.41, 5.74) is 12.4. The smallest absolute Gasteiger partial charge is 0.171 e. The molecule has 0 aliphatic rings. The van der Waals surface area contributed by atoms with Gasteiger partial charge in [0.15, 0.2) is 11.6 Å². The van der Waals surface area contributed by atoms with E-state index in [9.17, 15) is 5.26 Å². The number of nitrogens with zero attached hydrogens (tertiary/aromatic N) is 3. The Labute approximate surface area is 201 Å². The average molecular weight is 454 g/mol. The molecule has 0 spiro atoms. The lowest BCUT2D eigenvalue weighted by atomic mass is 9.99. The molecule has 0 amide bonds. The van der Waals surface area contributed by atoms with Crippen LogP contribution in [-0.2, 0) is 0 Å². The first-order valence-corrected chi connectivity index (χ1v) is 11.5. The van der Waals surface area contributed by atoms with E-state index in [1.165, 1.54) is 5.56 Å². The number of allylic oxidation sites excluding steroid dienone is 1. The maximum Gasteiger partial charge on any atom is 0.171 e. The van der Waals surface area contributed by atoms with Crippen LogP contribution in [0.4, 0.5) is 0 Å². The van der Waals surface area contributed by atoms with Crippen LogP contribution in [-0.4, -0.2) is 17.4 Å². The standard InChI is InChI=1S/C28H31N5O/c1-4-5-10-26(24-15-22(16-29)18-31-19-24)33-28(27-21(3)12-14-34-27)32-13-11-23(17-30)25-9-7-6-8-20(25)2/h6-10,12,14-15,17-19H,4-5,11,13,30H2,1-3H3,(H,32,33)/b23-17-,26-10+. The minimum atomic E-state index is 0.495. The Morgan fingerprint density at radius 1 is 1.21 bits per heavy atom. The van der Waals surface area contributed by atoms with Crippen LogP contribution in [0, 0.1) is 25.2 Å². The first-order chi connectivity index (χ1) is 16.6. The van der Waals surface area contributed by atoms with Gasteiger partial charge in [0.05, 0.1) is 17.5 Å². The molecule has 1 aromatic carbocycles. The fraction of sp³-hybridized carbons (Fsp3) is 0.250. The Balaban J connectivity index is 1.91. The second-order valence-corrected chi connectivity index (χ2v) is 8.03. The quantitative estimate of drug-likeness (QED) is 0.318. The van der Waals surface area contributed by atoms with Crippen molar-refractivity contribution in [2.45, 2.75) is 40.0 Å². The number of furan rings is 1. The van der Waals surface area contributed by atoms with E-state index in [0.29, 0.717) is 23.7 Å². The Morgan fingerprint density at radius 2 is 2.03 bits per heavy atom. The molecule has 2 aromatic heterocycles. The lowest BCUT2D eigenvalue weighted by molar-refractivity contribution is 0.551. The van der Waals surface area contributed by atoms with Crippen LogP contribution in [0.3, 0.4) is 0 Å². The molecule has 6 heteroatoms. The topological polar surface area (TPSA) is 100 Å². The van der Waals surface area contributed by atoms with Crippen molar-refractivity contribution < 1.29 is 4.42 Å². The highest BCUT2D eigenvalue weighted by atomic mass is 16.3. The van der Waals surface area contributed by atoms with Crippen molar-refractivity contribution in [1.29, 1.82) is 5.26 Å². The minimum Gasteiger partial charge on any atom is -0.461 e. The van der Waals surface area contributed by atoms with E-state index in [4.69, 9.17) is 15.1 Å². The van der Waals surface area contributed by atoms with Gasteiger partial charge in [-0.1, -0.05) is 43.7 Å². The van der Waals surface area contributed by atoms with Crippen LogP contribution in [0.1, 0.15) is 59.8 Å². The molecule has 3 rings (SSSR count). The molecule has 0 aliphatic heterocycles. The summed E-state index contributed by atoms with van der Waals surface area (Å²) in [7, 11) is 0. The summed E-state index contributed by atoms with van der Waals surface area (Å²) in [6.45, 7) is 6.80. The van der Waals surface area contributed by atoms with Crippen molar-refractivity contribution in [3.63, 3.8) is 0 Å². The SMILES string of the molecule is CCC/C=C(/N=C(/NCC/C(=C/N)c1ccccc1C)c1occc1C)c1cncc(C#N)c1. The van der Waals surface area contributed by atoms with Gasteiger partial charge in [0.1, 0.15) is 6.07 Å². The van der Waals surface area contributed by atoms with E-state index in [2.05, 4.69) is 48.4 Å². The Bertz CT molecular complexity index is 1240. The number of aryl methyl sites for hydroxylation is 2. The van der Waals surface area contributed by atoms with Gasteiger partial charge in [0.25, 0.3) is 0 Å². The summed E-state index contributed by atoms with van der Waals surface area (Å²) in [6.07, 6.45) is 11.2. The third kappa shape index (κ3) is 6.23. The van der Waals surface area contributed by atoms with Gasteiger partial charge in [0.2, 0.25) is 0 Å². The number of nitrogens with one attached hydrogen (secondary N) is 1. The number of nitrogens with two attached hydrogens (primary N) is 1. The summed E-state index contributed by atoms with van der Waals surface area (Å²) in [5.74, 6) is 1.31. The van der Waals surface area contributed by atoms with Gasteiger partial charge in [-0.05, 0) is 67.3 Å². The molecule has 0 unspecified atom stereocenters. The fourth-order valence-electron chi connectivity index (χ4n) is 3.61. The molecule has 0 atom stereocenters. The van der Waals surface area contributed by atoms with Gasteiger partial charge in [-0.25, -0.2) is 4.99 Å². The number of amidine groups is 1. The van der Waals surface area contributed by atoms with Gasteiger partial charge in [0, 0.05) is 24.5 Å². The number of benzene rings is 1. The van der Waals surface area contributed by atoms with Gasteiger partial charge < -0.3 is 15.5 Å². The zero-order chi connectivity index (χ0) is 24.3. The van der Waals surface area contributed by atoms with E-state index in [-0.39, 0.29) is 0 Å². The largest absolute Gasteiger partial charge is 0.461 e. The molecule has 3 aromatic rings. The summed E-state index contributed by atoms with van der Waals surface area (Å²) >= 11 is 0. The van der Waals surface area contributed by atoms with Crippen molar-refractivity contribution in [3.8, 4) is 6.07 Å². The molecule has 3 N–H and O–H groups in total. The molecule has 0 saturated carbocycles. The molecule has 0 saturated heterocycles. The Morgan fingerprint density at radius 3 is 2.71 bits per heavy atom. The van der Waals surface area contributed by atoms with Crippen LogP contribution in [0.15, 0.2) is 76.7 Å². The third-order valence-corrected chi connectivity index (χ3v) is 5.48. The maximum absolute atomic E-state index is 9.31. The molecule has 6 nitrogen and oxygen atoms in total. The van der Waals surface area contributed by atoms with Gasteiger partial charge in [-0.15, -0.1) is 0 Å². The first-order valence-electron chi connectivity index (χ1n) is 11.5. The zero-order valence-corrected chi connectivity index (χ0v) is 20.0. The molecule has 0 radical (unpaired) electrons. The number of hydrogen-bond acceptors (Lipinski definition) is 5. The number of aromatic nitrogens is 1. The predicted molar refractivity (Wildman–Crippen MR) is 138 cm³/mol. The van der Waals surface area contributed by atoms with Crippen LogP contribution in [0.25, 0.3) is 11.3 Å². The van der Waals surface area contributed by atoms with Crippen molar-refractivity contribution in [3.05, 3.63) is 101 Å². The summed E-state index contributed by atoms with van der Waals surface area (Å²) in [4.78, 5) is 9.16. The lowest BCUT2D eigenvalue weighted by Gasteiger charge is -2.14. The first kappa shape index (κ1) is 24.5. The molecule has 0 fully saturated rings. The van der Waals surface area contributed by atoms with Gasteiger partial charge in [-0.3, -0.25) is 4.98 Å². The molecule has 2 heterocycles. The lowest BCUT2D eigenvalue weighted by Crippen LogP contribution is -2.26. The molecular weight excluding hydrogens is 422 g/mol. The van der Waals surface area contributed by atoms with Crippen LogP contribution in [0.2, 0.25) is 0 Å². The Kier molecular flexibility index (Phi) is 8.81. The minimum absolute atomic E-state index is 0.495. The summed E-state index contributed by atoms with van der Waals surface area (Å²) < 4.78 is 5.77. The highest BCUT2D eigenvalue weighted by molar-refractivity contribution is 6.00. The van der Waals surface area contributed by atoms with Crippen molar-refractivity contribution >= 4 is 17.1 Å². The molecule has 174 valence electrons. The zero-order valence-electron chi connectivity index (χ0n) is 20.0. The van der Waals surface area contributed by atoms with Crippen molar-refractivity contribution in [2.24, 2.45) is 10.7 Å². The summed E-state index contributed by atoms with van der Waals surface area (Å²) in [6, 6.07) is 14.1. The second-order valence-electron chi connectivity index (χ2n) is 8.03. The van der Waals surface area contributed by atoms with E-state index >= 15 is 0 Å². The normalized spacial score (nSPS) is 12.5. The van der Waals surface area contributed by atoms with Gasteiger partial charge in [-0.2, -0.15) is 5.26 Å². The number of nitriles is 1. The maximum atomic E-state index is 9.31. The molecule has 34 heavy (non-hydrogen) atoms. The van der Waals surface area contributed by atoms with E-state index in [1.54, 1.807) is 30.9 Å². The number of unbranched alkanes of at least 4 members (excludes halogenated alkanes) is 1. The number of aliphatic imine (C=N–C) groups is 1. The van der Waals surface area contributed by atoms with Crippen LogP contribution in [0.5, 0.6) is 0 Å². The Hall–Kier alpha value is -4.11. The van der Waals surface area contributed by atoms with Crippen molar-refractivity contribution in [2.75, 3.05) is 6.54 Å². The number of hydrogen-bond donors (Lipinski definition) is 2. The number of rotatable bonds is 9. The highest BCUT2D eigenvalue weighted by Crippen LogP contribution is 2.22.